The van der Waals surface area contributed by atoms with Crippen LogP contribution in [0.5, 0.6) is 0 Å². The molecule has 1 amide bonds. The van der Waals surface area contributed by atoms with E-state index >= 15 is 0 Å². The van der Waals surface area contributed by atoms with Gasteiger partial charge < -0.3 is 5.32 Å². The molecule has 28 heavy (non-hydrogen) atoms. The molecule has 1 atom stereocenters. The molecular weight excluding hydrogens is 403 g/mol. The van der Waals surface area contributed by atoms with Gasteiger partial charge in [-0.25, -0.2) is 4.79 Å². The summed E-state index contributed by atoms with van der Waals surface area (Å²) in [5, 5.41) is 7.49. The van der Waals surface area contributed by atoms with Gasteiger partial charge >= 0.3 is 5.69 Å². The molecule has 0 aliphatic rings. The molecule has 1 heterocycles. The van der Waals surface area contributed by atoms with E-state index in [0.29, 0.717) is 17.3 Å². The number of H-pyrrole nitrogens is 1. The summed E-state index contributed by atoms with van der Waals surface area (Å²) in [5.74, 6) is -0.322. The molecule has 0 fully saturated rings. The SMILES string of the molecule is CC(CNC(=O)c1cc(-n2ncc(=O)[nH]c2=O)ccc1Cl)c1ccc(Cl)cc1. The summed E-state index contributed by atoms with van der Waals surface area (Å²) in [6.45, 7) is 2.36. The molecule has 0 bridgehead atoms. The second kappa shape index (κ2) is 8.41. The average Bonchev–Trinajstić information content (AvgIpc) is 2.67. The monoisotopic (exact) mass is 418 g/mol. The van der Waals surface area contributed by atoms with Gasteiger partial charge in [-0.05, 0) is 41.8 Å². The summed E-state index contributed by atoms with van der Waals surface area (Å²) in [6.07, 6.45) is 0.976. The van der Waals surface area contributed by atoms with E-state index < -0.39 is 11.2 Å². The Labute approximate surface area is 169 Å². The van der Waals surface area contributed by atoms with Crippen LogP contribution in [0.4, 0.5) is 0 Å². The van der Waals surface area contributed by atoms with Crippen LogP contribution < -0.4 is 16.6 Å². The van der Waals surface area contributed by atoms with Crippen LogP contribution in [0.15, 0.2) is 58.3 Å². The number of hydrogen-bond donors (Lipinski definition) is 2. The van der Waals surface area contributed by atoms with Crippen molar-refractivity contribution >= 4 is 29.1 Å². The molecular formula is C19H16Cl2N4O3. The maximum atomic E-state index is 12.6. The van der Waals surface area contributed by atoms with Crippen molar-refractivity contribution in [3.8, 4) is 5.69 Å². The number of hydrogen-bond acceptors (Lipinski definition) is 4. The number of rotatable bonds is 5. The lowest BCUT2D eigenvalue weighted by molar-refractivity contribution is 0.0951. The summed E-state index contributed by atoms with van der Waals surface area (Å²) in [5.41, 5.74) is 0.222. The summed E-state index contributed by atoms with van der Waals surface area (Å²) < 4.78 is 0.977. The number of aromatic amines is 1. The number of carbonyl (C=O) groups excluding carboxylic acids is 1. The maximum absolute atomic E-state index is 12.6. The molecule has 3 rings (SSSR count). The molecule has 0 aliphatic heterocycles. The number of carbonyl (C=O) groups is 1. The fourth-order valence-corrected chi connectivity index (χ4v) is 2.94. The Morgan fingerprint density at radius 3 is 2.57 bits per heavy atom. The van der Waals surface area contributed by atoms with E-state index in [2.05, 4.69) is 15.4 Å². The van der Waals surface area contributed by atoms with Crippen molar-refractivity contribution in [2.45, 2.75) is 12.8 Å². The average molecular weight is 419 g/mol. The van der Waals surface area contributed by atoms with Crippen molar-refractivity contribution in [2.24, 2.45) is 0 Å². The zero-order valence-electron chi connectivity index (χ0n) is 14.8. The van der Waals surface area contributed by atoms with Gasteiger partial charge in [-0.15, -0.1) is 0 Å². The van der Waals surface area contributed by atoms with Crippen LogP contribution in [-0.4, -0.2) is 27.2 Å². The molecule has 0 aliphatic carbocycles. The Hall–Kier alpha value is -2.90. The molecule has 1 unspecified atom stereocenters. The summed E-state index contributed by atoms with van der Waals surface area (Å²) >= 11 is 12.0. The minimum Gasteiger partial charge on any atom is -0.351 e. The van der Waals surface area contributed by atoms with E-state index in [1.54, 1.807) is 12.1 Å². The molecule has 7 nitrogen and oxygen atoms in total. The van der Waals surface area contributed by atoms with Gasteiger partial charge in [-0.1, -0.05) is 42.3 Å². The minimum absolute atomic E-state index is 0.0617. The van der Waals surface area contributed by atoms with E-state index in [-0.39, 0.29) is 22.4 Å². The first-order valence-corrected chi connectivity index (χ1v) is 9.13. The Morgan fingerprint density at radius 1 is 1.18 bits per heavy atom. The van der Waals surface area contributed by atoms with Crippen molar-refractivity contribution in [1.29, 1.82) is 0 Å². The van der Waals surface area contributed by atoms with Crippen molar-refractivity contribution in [2.75, 3.05) is 6.54 Å². The highest BCUT2D eigenvalue weighted by molar-refractivity contribution is 6.34. The Bertz CT molecular complexity index is 1120. The largest absolute Gasteiger partial charge is 0.351 e. The summed E-state index contributed by atoms with van der Waals surface area (Å²) in [4.78, 5) is 37.8. The van der Waals surface area contributed by atoms with Crippen LogP contribution in [0.1, 0.15) is 28.8 Å². The molecule has 9 heteroatoms. The van der Waals surface area contributed by atoms with E-state index in [1.807, 2.05) is 19.1 Å². The topological polar surface area (TPSA) is 96.8 Å². The third-order valence-electron chi connectivity index (χ3n) is 4.16. The lowest BCUT2D eigenvalue weighted by Gasteiger charge is -2.14. The first-order chi connectivity index (χ1) is 13.3. The quantitative estimate of drug-likeness (QED) is 0.665. The Balaban J connectivity index is 1.78. The second-order valence-corrected chi connectivity index (χ2v) is 7.02. The summed E-state index contributed by atoms with van der Waals surface area (Å²) in [6, 6.07) is 11.9. The van der Waals surface area contributed by atoms with E-state index in [4.69, 9.17) is 23.2 Å². The third kappa shape index (κ3) is 4.49. The second-order valence-electron chi connectivity index (χ2n) is 6.18. The van der Waals surface area contributed by atoms with Gasteiger partial charge in [0.25, 0.3) is 11.5 Å². The fourth-order valence-electron chi connectivity index (χ4n) is 2.61. The number of amides is 1. The molecule has 0 saturated carbocycles. The number of benzene rings is 2. The predicted molar refractivity (Wildman–Crippen MR) is 108 cm³/mol. The Kier molecular flexibility index (Phi) is 5.96. The zero-order chi connectivity index (χ0) is 20.3. The number of halogens is 2. The van der Waals surface area contributed by atoms with Gasteiger partial charge in [0.1, 0.15) is 6.20 Å². The normalized spacial score (nSPS) is 11.8. The zero-order valence-corrected chi connectivity index (χ0v) is 16.3. The number of nitrogens with one attached hydrogen (secondary N) is 2. The maximum Gasteiger partial charge on any atom is 0.349 e. The lowest BCUT2D eigenvalue weighted by Crippen LogP contribution is -2.31. The van der Waals surface area contributed by atoms with Crippen LogP contribution in [0.3, 0.4) is 0 Å². The predicted octanol–water partition coefficient (Wildman–Crippen LogP) is 2.76. The molecule has 2 N–H and O–H groups in total. The van der Waals surface area contributed by atoms with Gasteiger partial charge in [0, 0.05) is 11.6 Å². The number of aromatic nitrogens is 3. The fraction of sp³-hybridized carbons (Fsp3) is 0.158. The van der Waals surface area contributed by atoms with Crippen molar-refractivity contribution in [3.05, 3.63) is 90.7 Å². The first kappa shape index (κ1) is 19.9. The highest BCUT2D eigenvalue weighted by Gasteiger charge is 2.15. The highest BCUT2D eigenvalue weighted by Crippen LogP contribution is 2.20. The van der Waals surface area contributed by atoms with Gasteiger partial charge in [-0.3, -0.25) is 14.6 Å². The van der Waals surface area contributed by atoms with Crippen LogP contribution in [0.2, 0.25) is 10.0 Å². The molecule has 0 spiro atoms. The van der Waals surface area contributed by atoms with Gasteiger partial charge in [0.2, 0.25) is 0 Å². The highest BCUT2D eigenvalue weighted by atomic mass is 35.5. The van der Waals surface area contributed by atoms with Crippen LogP contribution in [-0.2, 0) is 0 Å². The number of nitrogens with zero attached hydrogens (tertiary/aromatic N) is 2. The first-order valence-electron chi connectivity index (χ1n) is 8.37. The van der Waals surface area contributed by atoms with E-state index in [0.717, 1.165) is 16.4 Å². The van der Waals surface area contributed by atoms with Gasteiger partial charge in [0.05, 0.1) is 16.3 Å². The van der Waals surface area contributed by atoms with Gasteiger partial charge in [0.15, 0.2) is 0 Å². The third-order valence-corrected chi connectivity index (χ3v) is 4.74. The van der Waals surface area contributed by atoms with Crippen molar-refractivity contribution < 1.29 is 4.79 Å². The minimum atomic E-state index is -0.711. The molecule has 2 aromatic carbocycles. The van der Waals surface area contributed by atoms with Crippen molar-refractivity contribution in [1.82, 2.24) is 20.1 Å². The van der Waals surface area contributed by atoms with Crippen molar-refractivity contribution in [3.63, 3.8) is 0 Å². The molecule has 3 aromatic rings. The smallest absolute Gasteiger partial charge is 0.349 e. The molecule has 144 valence electrons. The molecule has 0 saturated heterocycles. The van der Waals surface area contributed by atoms with E-state index in [1.165, 1.54) is 18.2 Å². The lowest BCUT2D eigenvalue weighted by atomic mass is 10.0. The summed E-state index contributed by atoms with van der Waals surface area (Å²) in [7, 11) is 0. The van der Waals surface area contributed by atoms with Crippen LogP contribution >= 0.6 is 23.2 Å². The van der Waals surface area contributed by atoms with Crippen LogP contribution in [0.25, 0.3) is 5.69 Å². The standard InChI is InChI=1S/C19H16Cl2N4O3/c1-11(12-2-4-13(20)5-3-12)9-22-18(27)15-8-14(6-7-16(15)21)25-19(28)24-17(26)10-23-25/h2-8,10-11H,9H2,1H3,(H,22,27)(H,24,26,28). The Morgan fingerprint density at radius 2 is 1.89 bits per heavy atom. The van der Waals surface area contributed by atoms with Crippen LogP contribution in [0, 0.1) is 0 Å². The molecule has 0 radical (unpaired) electrons. The molecule has 1 aromatic heterocycles. The van der Waals surface area contributed by atoms with E-state index in [9.17, 15) is 14.4 Å². The van der Waals surface area contributed by atoms with Gasteiger partial charge in [-0.2, -0.15) is 9.78 Å².